The normalized spacial score (nSPS) is 19.8. The minimum atomic E-state index is -0.866. The lowest BCUT2D eigenvalue weighted by Crippen LogP contribution is -2.57. The zero-order chi connectivity index (χ0) is 27.2. The summed E-state index contributed by atoms with van der Waals surface area (Å²) in [5.41, 5.74) is 1.17. The molecule has 5 N–H and O–H groups in total. The number of aldehydes is 1. The third kappa shape index (κ3) is 6.59. The van der Waals surface area contributed by atoms with Crippen LogP contribution in [0.2, 0.25) is 0 Å². The first-order valence-electron chi connectivity index (χ1n) is 13.5. The van der Waals surface area contributed by atoms with Crippen LogP contribution >= 0.6 is 0 Å². The molecular weight excluding hydrogens is 486 g/mol. The van der Waals surface area contributed by atoms with Crippen molar-refractivity contribution in [2.75, 3.05) is 6.54 Å². The standard InChI is InChI=1S/C28H37N5O5/c1-16(2)24(33-27(37)23-14-18-8-3-4-9-21(18)31-23)28(38)32-22(12-17-6-5-7-17)26(36)30-20(15-34)13-19-10-11-29-25(19)35/h3-4,8-9,14-17,19-20,22,24,31H,5-7,10-13H2,1-2H3,(H,29,35)(H,30,36)(H,32,38)(H,33,37)/t19-,20-,22-,24?/m0/s1. The summed E-state index contributed by atoms with van der Waals surface area (Å²) in [4.78, 5) is 66.3. The number of rotatable bonds is 12. The number of carbonyl (C=O) groups excluding carboxylic acids is 5. The fraction of sp³-hybridized carbons (Fsp3) is 0.536. The Morgan fingerprint density at radius 2 is 1.79 bits per heavy atom. The number of para-hydroxylation sites is 1. The van der Waals surface area contributed by atoms with Crippen molar-refractivity contribution in [1.82, 2.24) is 26.3 Å². The fourth-order valence-electron chi connectivity index (χ4n) is 5.11. The van der Waals surface area contributed by atoms with E-state index in [1.165, 1.54) is 0 Å². The van der Waals surface area contributed by atoms with Gasteiger partial charge in [0, 0.05) is 23.4 Å². The third-order valence-electron chi connectivity index (χ3n) is 7.63. The van der Waals surface area contributed by atoms with E-state index in [0.717, 1.165) is 30.2 Å². The zero-order valence-corrected chi connectivity index (χ0v) is 21.9. The van der Waals surface area contributed by atoms with Crippen LogP contribution < -0.4 is 21.3 Å². The molecule has 1 aliphatic carbocycles. The highest BCUT2D eigenvalue weighted by molar-refractivity contribution is 6.00. The number of amides is 4. The van der Waals surface area contributed by atoms with Crippen LogP contribution in [0, 0.1) is 17.8 Å². The summed E-state index contributed by atoms with van der Waals surface area (Å²) < 4.78 is 0. The lowest BCUT2D eigenvalue weighted by atomic mass is 9.80. The Balaban J connectivity index is 1.42. The molecule has 0 radical (unpaired) electrons. The predicted octanol–water partition coefficient (Wildman–Crippen LogP) is 1.81. The highest BCUT2D eigenvalue weighted by Crippen LogP contribution is 2.30. The summed E-state index contributed by atoms with van der Waals surface area (Å²) in [6.45, 7) is 4.21. The van der Waals surface area contributed by atoms with E-state index in [9.17, 15) is 24.0 Å². The van der Waals surface area contributed by atoms with Crippen molar-refractivity contribution < 1.29 is 24.0 Å². The number of carbonyl (C=O) groups is 5. The molecule has 0 spiro atoms. The van der Waals surface area contributed by atoms with Crippen LogP contribution in [0.25, 0.3) is 10.9 Å². The van der Waals surface area contributed by atoms with E-state index in [-0.39, 0.29) is 24.2 Å². The van der Waals surface area contributed by atoms with Crippen molar-refractivity contribution in [2.45, 2.75) is 70.5 Å². The maximum absolute atomic E-state index is 13.4. The van der Waals surface area contributed by atoms with Crippen molar-refractivity contribution >= 4 is 40.8 Å². The molecule has 1 aliphatic heterocycles. The van der Waals surface area contributed by atoms with Crippen LogP contribution in [0.3, 0.4) is 0 Å². The molecule has 4 atom stereocenters. The van der Waals surface area contributed by atoms with Gasteiger partial charge in [-0.25, -0.2) is 0 Å². The molecule has 2 aliphatic rings. The van der Waals surface area contributed by atoms with Gasteiger partial charge < -0.3 is 31.0 Å². The summed E-state index contributed by atoms with van der Waals surface area (Å²) in [6, 6.07) is 6.71. The summed E-state index contributed by atoms with van der Waals surface area (Å²) in [7, 11) is 0. The van der Waals surface area contributed by atoms with E-state index in [0.29, 0.717) is 37.3 Å². The molecule has 1 aromatic heterocycles. The van der Waals surface area contributed by atoms with Crippen molar-refractivity contribution in [3.63, 3.8) is 0 Å². The SMILES string of the molecule is CC(C)C(NC(=O)c1cc2ccccc2[nH]1)C(=O)N[C@@H](CC1CCC1)C(=O)N[C@H](C=O)C[C@@H]1CCNC1=O. The van der Waals surface area contributed by atoms with Crippen LogP contribution in [0.1, 0.15) is 62.9 Å². The van der Waals surface area contributed by atoms with Crippen molar-refractivity contribution in [1.29, 1.82) is 0 Å². The Kier molecular flexibility index (Phi) is 8.81. The molecule has 10 nitrogen and oxygen atoms in total. The first-order valence-corrected chi connectivity index (χ1v) is 13.5. The molecular formula is C28H37N5O5. The number of aromatic nitrogens is 1. The topological polar surface area (TPSA) is 149 Å². The zero-order valence-electron chi connectivity index (χ0n) is 21.9. The van der Waals surface area contributed by atoms with Gasteiger partial charge in [0.2, 0.25) is 17.7 Å². The van der Waals surface area contributed by atoms with Crippen LogP contribution in [-0.4, -0.2) is 59.6 Å². The summed E-state index contributed by atoms with van der Waals surface area (Å²) >= 11 is 0. The summed E-state index contributed by atoms with van der Waals surface area (Å²) in [5, 5.41) is 12.0. The molecule has 1 saturated carbocycles. The molecule has 4 amide bonds. The number of aromatic amines is 1. The number of H-pyrrole nitrogens is 1. The Bertz CT molecular complexity index is 1150. The number of benzene rings is 1. The average molecular weight is 524 g/mol. The van der Waals surface area contributed by atoms with Crippen LogP contribution in [-0.2, 0) is 19.2 Å². The van der Waals surface area contributed by atoms with E-state index in [1.54, 1.807) is 6.07 Å². The van der Waals surface area contributed by atoms with E-state index in [1.807, 2.05) is 38.1 Å². The van der Waals surface area contributed by atoms with E-state index in [4.69, 9.17) is 0 Å². The molecule has 1 saturated heterocycles. The predicted molar refractivity (Wildman–Crippen MR) is 142 cm³/mol. The Morgan fingerprint density at radius 3 is 2.39 bits per heavy atom. The summed E-state index contributed by atoms with van der Waals surface area (Å²) in [6.07, 6.45) is 4.97. The fourth-order valence-corrected chi connectivity index (χ4v) is 5.11. The molecule has 10 heteroatoms. The largest absolute Gasteiger partial charge is 0.356 e. The number of hydrogen-bond acceptors (Lipinski definition) is 5. The monoisotopic (exact) mass is 523 g/mol. The molecule has 2 heterocycles. The molecule has 1 aromatic carbocycles. The van der Waals surface area contributed by atoms with Gasteiger partial charge in [-0.1, -0.05) is 51.3 Å². The second-order valence-corrected chi connectivity index (χ2v) is 10.8. The van der Waals surface area contributed by atoms with Gasteiger partial charge in [0.05, 0.1) is 6.04 Å². The molecule has 4 rings (SSSR count). The minimum Gasteiger partial charge on any atom is -0.356 e. The maximum atomic E-state index is 13.4. The lowest BCUT2D eigenvalue weighted by molar-refractivity contribution is -0.132. The Labute approximate surface area is 222 Å². The minimum absolute atomic E-state index is 0.115. The molecule has 1 unspecified atom stereocenters. The van der Waals surface area contributed by atoms with Gasteiger partial charge in [-0.3, -0.25) is 19.2 Å². The van der Waals surface area contributed by atoms with Gasteiger partial charge >= 0.3 is 0 Å². The van der Waals surface area contributed by atoms with E-state index in [2.05, 4.69) is 26.3 Å². The van der Waals surface area contributed by atoms with Gasteiger partial charge in [0.25, 0.3) is 5.91 Å². The number of fused-ring (bicyclic) bond motifs is 1. The Hall–Kier alpha value is -3.69. The third-order valence-corrected chi connectivity index (χ3v) is 7.63. The highest BCUT2D eigenvalue weighted by Gasteiger charge is 2.34. The number of hydrogen-bond donors (Lipinski definition) is 5. The van der Waals surface area contributed by atoms with Crippen LogP contribution in [0.5, 0.6) is 0 Å². The second-order valence-electron chi connectivity index (χ2n) is 10.8. The highest BCUT2D eigenvalue weighted by atomic mass is 16.2. The first-order chi connectivity index (χ1) is 18.2. The van der Waals surface area contributed by atoms with Crippen LogP contribution in [0.15, 0.2) is 30.3 Å². The van der Waals surface area contributed by atoms with Gasteiger partial charge in [-0.05, 0) is 43.2 Å². The lowest BCUT2D eigenvalue weighted by Gasteiger charge is -2.31. The Morgan fingerprint density at radius 1 is 1.03 bits per heavy atom. The second kappa shape index (κ2) is 12.2. The summed E-state index contributed by atoms with van der Waals surface area (Å²) in [5.74, 6) is -1.69. The molecule has 2 fully saturated rings. The van der Waals surface area contributed by atoms with Gasteiger partial charge in [-0.2, -0.15) is 0 Å². The van der Waals surface area contributed by atoms with Gasteiger partial charge in [-0.15, -0.1) is 0 Å². The van der Waals surface area contributed by atoms with Crippen LogP contribution in [0.4, 0.5) is 0 Å². The quantitative estimate of drug-likeness (QED) is 0.269. The molecule has 204 valence electrons. The first kappa shape index (κ1) is 27.3. The molecule has 2 aromatic rings. The van der Waals surface area contributed by atoms with Crippen molar-refractivity contribution in [3.8, 4) is 0 Å². The van der Waals surface area contributed by atoms with E-state index >= 15 is 0 Å². The van der Waals surface area contributed by atoms with Gasteiger partial charge in [0.15, 0.2) is 0 Å². The smallest absolute Gasteiger partial charge is 0.268 e. The van der Waals surface area contributed by atoms with Gasteiger partial charge in [0.1, 0.15) is 24.1 Å². The van der Waals surface area contributed by atoms with Crippen molar-refractivity contribution in [3.05, 3.63) is 36.0 Å². The number of nitrogens with one attached hydrogen (secondary N) is 5. The molecule has 0 bridgehead atoms. The van der Waals surface area contributed by atoms with E-state index < -0.39 is 35.8 Å². The maximum Gasteiger partial charge on any atom is 0.268 e. The van der Waals surface area contributed by atoms with Crippen molar-refractivity contribution in [2.24, 2.45) is 17.8 Å². The molecule has 38 heavy (non-hydrogen) atoms. The average Bonchev–Trinajstić information content (AvgIpc) is 3.48.